The monoisotopic (exact) mass is 398 g/mol. The number of ether oxygens (including phenoxy) is 2. The Hall–Kier alpha value is -0.640. The predicted octanol–water partition coefficient (Wildman–Crippen LogP) is 5.24. The van der Waals surface area contributed by atoms with Crippen LogP contribution in [0.3, 0.4) is 0 Å². The molecule has 7 unspecified atom stereocenters. The SMILES string of the molecule is CC1C2C(CC3C4CCC5C[C@@H](O)CCC5=C4C=C[C@@]32C)OC12CC[C@@H](C)CO2. The van der Waals surface area contributed by atoms with Gasteiger partial charge in [-0.15, -0.1) is 0 Å². The third kappa shape index (κ3) is 2.59. The number of fused-ring (bicyclic) bond motifs is 6. The zero-order valence-corrected chi connectivity index (χ0v) is 18.4. The van der Waals surface area contributed by atoms with E-state index < -0.39 is 0 Å². The molecule has 2 aliphatic heterocycles. The largest absolute Gasteiger partial charge is 0.393 e. The van der Waals surface area contributed by atoms with Crippen LogP contribution in [0.1, 0.15) is 72.1 Å². The van der Waals surface area contributed by atoms with Crippen molar-refractivity contribution in [1.82, 2.24) is 0 Å². The van der Waals surface area contributed by atoms with Crippen molar-refractivity contribution < 1.29 is 14.6 Å². The smallest absolute Gasteiger partial charge is 0.171 e. The maximum absolute atomic E-state index is 10.1. The second-order valence-corrected chi connectivity index (χ2v) is 11.6. The van der Waals surface area contributed by atoms with Gasteiger partial charge in [0.1, 0.15) is 0 Å². The molecule has 0 radical (unpaired) electrons. The molecule has 3 heteroatoms. The van der Waals surface area contributed by atoms with Crippen LogP contribution in [0.2, 0.25) is 0 Å². The lowest BCUT2D eigenvalue weighted by Crippen LogP contribution is -2.47. The van der Waals surface area contributed by atoms with E-state index in [1.165, 1.54) is 25.7 Å². The van der Waals surface area contributed by atoms with Gasteiger partial charge >= 0.3 is 0 Å². The van der Waals surface area contributed by atoms with Crippen molar-refractivity contribution in [3.05, 3.63) is 23.3 Å². The highest BCUT2D eigenvalue weighted by atomic mass is 16.7. The van der Waals surface area contributed by atoms with Crippen molar-refractivity contribution in [2.75, 3.05) is 6.61 Å². The summed E-state index contributed by atoms with van der Waals surface area (Å²) in [6.45, 7) is 8.09. The molecule has 29 heavy (non-hydrogen) atoms. The Balaban J connectivity index is 1.32. The van der Waals surface area contributed by atoms with Gasteiger partial charge in [0, 0.05) is 18.3 Å². The van der Waals surface area contributed by atoms with E-state index in [2.05, 4.69) is 32.9 Å². The van der Waals surface area contributed by atoms with Crippen LogP contribution in [0.5, 0.6) is 0 Å². The molecule has 2 heterocycles. The van der Waals surface area contributed by atoms with E-state index in [4.69, 9.17) is 9.47 Å². The van der Waals surface area contributed by atoms with Gasteiger partial charge in [0.05, 0.1) is 18.8 Å². The molecule has 0 amide bonds. The van der Waals surface area contributed by atoms with Gasteiger partial charge in [0.15, 0.2) is 5.79 Å². The highest BCUT2D eigenvalue weighted by Gasteiger charge is 2.66. The summed E-state index contributed by atoms with van der Waals surface area (Å²) < 4.78 is 13.2. The average Bonchev–Trinajstić information content (AvgIpc) is 3.15. The molecule has 0 aromatic heterocycles. The summed E-state index contributed by atoms with van der Waals surface area (Å²) in [5, 5.41) is 10.1. The van der Waals surface area contributed by atoms with Gasteiger partial charge in [-0.3, -0.25) is 0 Å². The van der Waals surface area contributed by atoms with E-state index in [0.717, 1.165) is 32.3 Å². The molecular weight excluding hydrogens is 360 g/mol. The standard InChI is InChI=1S/C26H38O3/c1-15-8-11-26(28-14-15)16(2)24-23(29-26)13-22-21-6-4-17-12-18(27)5-7-19(17)20(21)9-10-25(22,24)3/h9-10,15-18,21-24,27H,4-8,11-14H2,1-3H3/t15-,16?,17?,18+,21?,22?,23?,24?,25+,26?/m1/s1. The van der Waals surface area contributed by atoms with Crippen LogP contribution in [-0.4, -0.2) is 29.7 Å². The minimum absolute atomic E-state index is 0.0757. The van der Waals surface area contributed by atoms with Crippen LogP contribution in [0, 0.1) is 40.9 Å². The lowest BCUT2D eigenvalue weighted by atomic mass is 9.56. The lowest BCUT2D eigenvalue weighted by Gasteiger charge is -2.49. The molecule has 6 aliphatic rings. The van der Waals surface area contributed by atoms with Crippen LogP contribution in [0.25, 0.3) is 0 Å². The van der Waals surface area contributed by atoms with E-state index in [0.29, 0.717) is 41.6 Å². The Morgan fingerprint density at radius 3 is 2.76 bits per heavy atom. The maximum Gasteiger partial charge on any atom is 0.171 e. The van der Waals surface area contributed by atoms with E-state index in [-0.39, 0.29) is 17.3 Å². The summed E-state index contributed by atoms with van der Waals surface area (Å²) in [4.78, 5) is 0. The molecule has 160 valence electrons. The topological polar surface area (TPSA) is 38.7 Å². The van der Waals surface area contributed by atoms with Crippen LogP contribution in [0.15, 0.2) is 23.3 Å². The van der Waals surface area contributed by atoms with Gasteiger partial charge in [-0.1, -0.05) is 38.5 Å². The van der Waals surface area contributed by atoms with Gasteiger partial charge in [-0.05, 0) is 79.6 Å². The number of hydrogen-bond donors (Lipinski definition) is 1. The number of hydrogen-bond acceptors (Lipinski definition) is 3. The van der Waals surface area contributed by atoms with Crippen molar-refractivity contribution in [2.45, 2.75) is 90.1 Å². The molecule has 2 saturated heterocycles. The second-order valence-electron chi connectivity index (χ2n) is 11.6. The number of rotatable bonds is 0. The van der Waals surface area contributed by atoms with Gasteiger partial charge in [0.25, 0.3) is 0 Å². The summed E-state index contributed by atoms with van der Waals surface area (Å²) >= 11 is 0. The van der Waals surface area contributed by atoms with Crippen molar-refractivity contribution >= 4 is 0 Å². The van der Waals surface area contributed by atoms with Gasteiger partial charge in [-0.25, -0.2) is 0 Å². The summed E-state index contributed by atoms with van der Waals surface area (Å²) in [6.07, 6.45) is 14.5. The number of aliphatic hydroxyl groups is 1. The minimum atomic E-state index is -0.320. The molecule has 0 bridgehead atoms. The Kier molecular flexibility index (Phi) is 4.23. The Morgan fingerprint density at radius 2 is 1.97 bits per heavy atom. The van der Waals surface area contributed by atoms with Crippen LogP contribution >= 0.6 is 0 Å². The molecule has 1 N–H and O–H groups in total. The van der Waals surface area contributed by atoms with Crippen LogP contribution in [0.4, 0.5) is 0 Å². The summed E-state index contributed by atoms with van der Waals surface area (Å²) in [5.41, 5.74) is 3.58. The number of allylic oxidation sites excluding steroid dienone is 4. The molecule has 2 saturated carbocycles. The quantitative estimate of drug-likeness (QED) is 0.606. The molecule has 6 rings (SSSR count). The molecule has 4 fully saturated rings. The lowest BCUT2D eigenvalue weighted by molar-refractivity contribution is -0.271. The predicted molar refractivity (Wildman–Crippen MR) is 113 cm³/mol. The van der Waals surface area contributed by atoms with Gasteiger partial charge in [-0.2, -0.15) is 0 Å². The third-order valence-corrected chi connectivity index (χ3v) is 10.1. The highest BCUT2D eigenvalue weighted by molar-refractivity contribution is 5.40. The zero-order valence-electron chi connectivity index (χ0n) is 18.4. The zero-order chi connectivity index (χ0) is 20.0. The van der Waals surface area contributed by atoms with Crippen molar-refractivity contribution in [2.24, 2.45) is 40.9 Å². The van der Waals surface area contributed by atoms with Crippen LogP contribution in [-0.2, 0) is 9.47 Å². The third-order valence-electron chi connectivity index (χ3n) is 10.1. The fourth-order valence-electron chi connectivity index (χ4n) is 8.57. The van der Waals surface area contributed by atoms with Crippen LogP contribution < -0.4 is 0 Å². The molecule has 1 spiro atoms. The maximum atomic E-state index is 10.1. The van der Waals surface area contributed by atoms with Gasteiger partial charge in [0.2, 0.25) is 0 Å². The van der Waals surface area contributed by atoms with E-state index in [1.807, 2.05) is 0 Å². The molecule has 10 atom stereocenters. The Bertz CT molecular complexity index is 745. The Labute approximate surface area is 175 Å². The fraction of sp³-hybridized carbons (Fsp3) is 0.846. The number of aliphatic hydroxyl groups excluding tert-OH is 1. The van der Waals surface area contributed by atoms with E-state index >= 15 is 0 Å². The highest BCUT2D eigenvalue weighted by Crippen LogP contribution is 2.66. The molecule has 3 nitrogen and oxygen atoms in total. The average molecular weight is 399 g/mol. The van der Waals surface area contributed by atoms with Gasteiger partial charge < -0.3 is 14.6 Å². The minimum Gasteiger partial charge on any atom is -0.393 e. The first-order valence-corrected chi connectivity index (χ1v) is 12.3. The first-order valence-electron chi connectivity index (χ1n) is 12.3. The van der Waals surface area contributed by atoms with Crippen molar-refractivity contribution in [3.8, 4) is 0 Å². The molecular formula is C26H38O3. The normalized spacial score (nSPS) is 56.1. The molecule has 0 aromatic carbocycles. The first kappa shape index (κ1) is 19.1. The van der Waals surface area contributed by atoms with E-state index in [9.17, 15) is 5.11 Å². The Morgan fingerprint density at radius 1 is 1.10 bits per heavy atom. The summed E-state index contributed by atoms with van der Waals surface area (Å²) in [7, 11) is 0. The second kappa shape index (κ2) is 6.43. The summed E-state index contributed by atoms with van der Waals surface area (Å²) in [6, 6.07) is 0. The van der Waals surface area contributed by atoms with Crippen molar-refractivity contribution in [1.29, 1.82) is 0 Å². The molecule has 4 aliphatic carbocycles. The van der Waals surface area contributed by atoms with Crippen molar-refractivity contribution in [3.63, 3.8) is 0 Å². The first-order chi connectivity index (χ1) is 13.9. The molecule has 0 aromatic rings. The summed E-state index contributed by atoms with van der Waals surface area (Å²) in [5.74, 6) is 3.43. The fourth-order valence-corrected chi connectivity index (χ4v) is 8.57. The van der Waals surface area contributed by atoms with E-state index in [1.54, 1.807) is 11.1 Å².